The SMILES string of the molecule is CCc1ccccc1NC(=O)COC(=O)c1ccc2c(c1)C(=O)N(C1CCCCC1)C2=O. The molecule has 7 nitrogen and oxygen atoms in total. The average molecular weight is 434 g/mol. The molecule has 0 bridgehead atoms. The van der Waals surface area contributed by atoms with Crippen LogP contribution in [0, 0.1) is 0 Å². The molecule has 0 unspecified atom stereocenters. The van der Waals surface area contributed by atoms with Crippen molar-refractivity contribution in [1.29, 1.82) is 0 Å². The van der Waals surface area contributed by atoms with Gasteiger partial charge in [0, 0.05) is 11.7 Å². The number of carbonyl (C=O) groups excluding carboxylic acids is 4. The van der Waals surface area contributed by atoms with Gasteiger partial charge in [-0.05, 0) is 49.1 Å². The minimum atomic E-state index is -0.719. The number of imide groups is 1. The Hall–Kier alpha value is -3.48. The molecule has 3 amide bonds. The molecule has 0 atom stereocenters. The normalized spacial score (nSPS) is 16.1. The Morgan fingerprint density at radius 3 is 2.47 bits per heavy atom. The molecule has 0 spiro atoms. The van der Waals surface area contributed by atoms with Crippen LogP contribution < -0.4 is 5.32 Å². The molecule has 7 heteroatoms. The Bertz CT molecular complexity index is 1070. The predicted molar refractivity (Wildman–Crippen MR) is 119 cm³/mol. The minimum absolute atomic E-state index is 0.0822. The zero-order valence-corrected chi connectivity index (χ0v) is 18.1. The van der Waals surface area contributed by atoms with Gasteiger partial charge in [-0.1, -0.05) is 44.4 Å². The second-order valence-electron chi connectivity index (χ2n) is 8.17. The zero-order valence-electron chi connectivity index (χ0n) is 18.1. The lowest BCUT2D eigenvalue weighted by Gasteiger charge is -2.29. The molecule has 0 aromatic heterocycles. The maximum absolute atomic E-state index is 12.9. The summed E-state index contributed by atoms with van der Waals surface area (Å²) in [6.45, 7) is 1.54. The first-order valence-electron chi connectivity index (χ1n) is 11.1. The highest BCUT2D eigenvalue weighted by molar-refractivity contribution is 6.22. The van der Waals surface area contributed by atoms with E-state index in [4.69, 9.17) is 4.74 Å². The van der Waals surface area contributed by atoms with Crippen molar-refractivity contribution in [1.82, 2.24) is 4.90 Å². The number of hydrogen-bond donors (Lipinski definition) is 1. The topological polar surface area (TPSA) is 92.8 Å². The van der Waals surface area contributed by atoms with Crippen molar-refractivity contribution in [3.05, 3.63) is 64.7 Å². The van der Waals surface area contributed by atoms with E-state index < -0.39 is 18.5 Å². The van der Waals surface area contributed by atoms with Crippen LogP contribution in [0.4, 0.5) is 5.69 Å². The highest BCUT2D eigenvalue weighted by Crippen LogP contribution is 2.31. The van der Waals surface area contributed by atoms with Crippen LogP contribution in [0.1, 0.15) is 75.7 Å². The summed E-state index contributed by atoms with van der Waals surface area (Å²) in [5.74, 6) is -1.83. The summed E-state index contributed by atoms with van der Waals surface area (Å²) in [5, 5.41) is 2.74. The number of para-hydroxylation sites is 1. The summed E-state index contributed by atoms with van der Waals surface area (Å²) in [6, 6.07) is 11.7. The number of nitrogens with zero attached hydrogens (tertiary/aromatic N) is 1. The molecule has 1 fully saturated rings. The summed E-state index contributed by atoms with van der Waals surface area (Å²) < 4.78 is 5.14. The van der Waals surface area contributed by atoms with Gasteiger partial charge in [0.25, 0.3) is 17.7 Å². The highest BCUT2D eigenvalue weighted by Gasteiger charge is 2.40. The third kappa shape index (κ3) is 4.28. The molecule has 2 aromatic carbocycles. The number of hydrogen-bond acceptors (Lipinski definition) is 5. The number of benzene rings is 2. The summed E-state index contributed by atoms with van der Waals surface area (Å²) in [4.78, 5) is 51.7. The van der Waals surface area contributed by atoms with E-state index in [1.54, 1.807) is 6.07 Å². The number of carbonyl (C=O) groups is 4. The van der Waals surface area contributed by atoms with Crippen molar-refractivity contribution in [2.24, 2.45) is 0 Å². The van der Waals surface area contributed by atoms with Gasteiger partial charge >= 0.3 is 5.97 Å². The van der Waals surface area contributed by atoms with Gasteiger partial charge in [-0.25, -0.2) is 4.79 Å². The van der Waals surface area contributed by atoms with Crippen LogP contribution >= 0.6 is 0 Å². The Morgan fingerprint density at radius 2 is 1.72 bits per heavy atom. The lowest BCUT2D eigenvalue weighted by molar-refractivity contribution is -0.119. The van der Waals surface area contributed by atoms with Crippen LogP contribution in [0.2, 0.25) is 0 Å². The predicted octanol–water partition coefficient (Wildman–Crippen LogP) is 3.97. The molecule has 1 aliphatic heterocycles. The van der Waals surface area contributed by atoms with Gasteiger partial charge in [-0.2, -0.15) is 0 Å². The van der Waals surface area contributed by atoms with E-state index in [-0.39, 0.29) is 29.0 Å². The molecule has 1 aliphatic carbocycles. The number of ether oxygens (including phenoxy) is 1. The average Bonchev–Trinajstić information content (AvgIpc) is 3.07. The van der Waals surface area contributed by atoms with Gasteiger partial charge in [-0.3, -0.25) is 19.3 Å². The molecule has 2 aromatic rings. The van der Waals surface area contributed by atoms with Crippen molar-refractivity contribution in [2.45, 2.75) is 51.5 Å². The molecular weight excluding hydrogens is 408 g/mol. The fraction of sp³-hybridized carbons (Fsp3) is 0.360. The van der Waals surface area contributed by atoms with E-state index in [0.29, 0.717) is 11.3 Å². The molecule has 0 saturated heterocycles. The molecule has 166 valence electrons. The molecular formula is C25H26N2O5. The van der Waals surface area contributed by atoms with Gasteiger partial charge in [0.15, 0.2) is 6.61 Å². The third-order valence-electron chi connectivity index (χ3n) is 6.10. The van der Waals surface area contributed by atoms with E-state index in [1.807, 2.05) is 25.1 Å². The van der Waals surface area contributed by atoms with Gasteiger partial charge in [0.05, 0.1) is 16.7 Å². The smallest absolute Gasteiger partial charge is 0.338 e. The van der Waals surface area contributed by atoms with Crippen LogP contribution in [0.25, 0.3) is 0 Å². The highest BCUT2D eigenvalue weighted by atomic mass is 16.5. The number of amides is 3. The van der Waals surface area contributed by atoms with Crippen LogP contribution in [-0.2, 0) is 16.0 Å². The number of anilines is 1. The lowest BCUT2D eigenvalue weighted by Crippen LogP contribution is -2.40. The zero-order chi connectivity index (χ0) is 22.7. The van der Waals surface area contributed by atoms with Crippen LogP contribution in [0.3, 0.4) is 0 Å². The van der Waals surface area contributed by atoms with Crippen LogP contribution in [-0.4, -0.2) is 41.2 Å². The summed E-state index contributed by atoms with van der Waals surface area (Å²) in [6.07, 6.45) is 5.51. The lowest BCUT2D eigenvalue weighted by atomic mass is 9.94. The standard InChI is InChI=1S/C25H26N2O5/c1-2-16-8-6-7-11-21(16)26-22(28)15-32-25(31)17-12-13-19-20(14-17)24(30)27(23(19)29)18-9-4-3-5-10-18/h6-8,11-14,18H,2-5,9-10,15H2,1H3,(H,26,28). The summed E-state index contributed by atoms with van der Waals surface area (Å²) >= 11 is 0. The van der Waals surface area contributed by atoms with E-state index in [1.165, 1.54) is 23.1 Å². The molecule has 0 radical (unpaired) electrons. The number of rotatable bonds is 6. The van der Waals surface area contributed by atoms with Crippen molar-refractivity contribution in [2.75, 3.05) is 11.9 Å². The van der Waals surface area contributed by atoms with E-state index in [0.717, 1.165) is 44.1 Å². The van der Waals surface area contributed by atoms with E-state index >= 15 is 0 Å². The molecule has 1 saturated carbocycles. The second kappa shape index (κ2) is 9.34. The second-order valence-corrected chi connectivity index (χ2v) is 8.17. The summed E-state index contributed by atoms with van der Waals surface area (Å²) in [7, 11) is 0. The maximum Gasteiger partial charge on any atom is 0.338 e. The fourth-order valence-corrected chi connectivity index (χ4v) is 4.41. The Labute approximate surface area is 186 Å². The molecule has 1 N–H and O–H groups in total. The van der Waals surface area contributed by atoms with Crippen LogP contribution in [0.5, 0.6) is 0 Å². The van der Waals surface area contributed by atoms with E-state index in [9.17, 15) is 19.2 Å². The molecule has 32 heavy (non-hydrogen) atoms. The number of aryl methyl sites for hydroxylation is 1. The molecule has 2 aliphatic rings. The number of nitrogens with one attached hydrogen (secondary N) is 1. The quantitative estimate of drug-likeness (QED) is 0.549. The first kappa shape index (κ1) is 21.7. The van der Waals surface area contributed by atoms with Crippen molar-refractivity contribution < 1.29 is 23.9 Å². The Kier molecular flexibility index (Phi) is 6.35. The van der Waals surface area contributed by atoms with E-state index in [2.05, 4.69) is 5.32 Å². The minimum Gasteiger partial charge on any atom is -0.452 e. The largest absolute Gasteiger partial charge is 0.452 e. The van der Waals surface area contributed by atoms with Crippen molar-refractivity contribution in [3.8, 4) is 0 Å². The van der Waals surface area contributed by atoms with Crippen molar-refractivity contribution >= 4 is 29.4 Å². The maximum atomic E-state index is 12.9. The van der Waals surface area contributed by atoms with Gasteiger partial charge in [0.2, 0.25) is 0 Å². The molecule has 1 heterocycles. The Morgan fingerprint density at radius 1 is 1.00 bits per heavy atom. The van der Waals surface area contributed by atoms with Gasteiger partial charge < -0.3 is 10.1 Å². The number of esters is 1. The summed E-state index contributed by atoms with van der Waals surface area (Å²) in [5.41, 5.74) is 2.33. The van der Waals surface area contributed by atoms with Gasteiger partial charge in [0.1, 0.15) is 0 Å². The van der Waals surface area contributed by atoms with Gasteiger partial charge in [-0.15, -0.1) is 0 Å². The Balaban J connectivity index is 1.41. The first-order valence-corrected chi connectivity index (χ1v) is 11.1. The third-order valence-corrected chi connectivity index (χ3v) is 6.10. The van der Waals surface area contributed by atoms with Crippen molar-refractivity contribution in [3.63, 3.8) is 0 Å². The monoisotopic (exact) mass is 434 g/mol. The first-order chi connectivity index (χ1) is 15.5. The fourth-order valence-electron chi connectivity index (χ4n) is 4.41. The molecule has 4 rings (SSSR count). The van der Waals surface area contributed by atoms with Crippen LogP contribution in [0.15, 0.2) is 42.5 Å². The number of fused-ring (bicyclic) bond motifs is 1.